The molecule has 0 spiro atoms. The van der Waals surface area contributed by atoms with Gasteiger partial charge in [0, 0.05) is 26.2 Å². The Hall–Kier alpha value is -2.49. The number of carbonyl (C=O) groups is 1. The molecule has 0 radical (unpaired) electrons. The van der Waals surface area contributed by atoms with Crippen LogP contribution in [0.1, 0.15) is 16.1 Å². The molecule has 9 heteroatoms. The first kappa shape index (κ1) is 18.9. The number of thiophene rings is 1. The van der Waals surface area contributed by atoms with Crippen molar-refractivity contribution in [2.45, 2.75) is 11.8 Å². The van der Waals surface area contributed by atoms with Crippen molar-refractivity contribution in [2.75, 3.05) is 26.2 Å². The molecule has 0 bridgehead atoms. The average molecular weight is 417 g/mol. The predicted molar refractivity (Wildman–Crippen MR) is 108 cm³/mol. The summed E-state index contributed by atoms with van der Waals surface area (Å²) in [5.41, 5.74) is 2.16. The van der Waals surface area contributed by atoms with E-state index in [4.69, 9.17) is 0 Å². The predicted octanol–water partition coefficient (Wildman–Crippen LogP) is 2.59. The molecule has 2 aromatic heterocycles. The Kier molecular flexibility index (Phi) is 5.05. The van der Waals surface area contributed by atoms with E-state index in [0.29, 0.717) is 18.8 Å². The number of H-pyrrole nitrogens is 1. The van der Waals surface area contributed by atoms with E-state index in [1.165, 1.54) is 4.31 Å². The van der Waals surface area contributed by atoms with Gasteiger partial charge >= 0.3 is 0 Å². The van der Waals surface area contributed by atoms with Crippen molar-refractivity contribution < 1.29 is 13.2 Å². The van der Waals surface area contributed by atoms with E-state index in [2.05, 4.69) is 10.2 Å². The van der Waals surface area contributed by atoms with Crippen molar-refractivity contribution in [2.24, 2.45) is 0 Å². The molecule has 1 N–H and O–H groups in total. The molecule has 1 fully saturated rings. The third kappa shape index (κ3) is 3.60. The molecular weight excluding hydrogens is 396 g/mol. The quantitative estimate of drug-likeness (QED) is 0.708. The molecular formula is C19H20N4O3S2. The molecule has 1 amide bonds. The fourth-order valence-electron chi connectivity index (χ4n) is 3.14. The van der Waals surface area contributed by atoms with Gasteiger partial charge in [-0.15, -0.1) is 11.3 Å². The number of amides is 1. The maximum absolute atomic E-state index is 12.8. The number of sulfonamides is 1. The molecule has 4 rings (SSSR count). The van der Waals surface area contributed by atoms with Crippen molar-refractivity contribution in [3.63, 3.8) is 0 Å². The van der Waals surface area contributed by atoms with Gasteiger partial charge in [-0.3, -0.25) is 9.89 Å². The molecule has 1 aromatic carbocycles. The first-order valence-electron chi connectivity index (χ1n) is 8.90. The van der Waals surface area contributed by atoms with Crippen LogP contribution in [0.15, 0.2) is 52.7 Å². The number of nitrogens with zero attached hydrogens (tertiary/aromatic N) is 3. The molecule has 0 aliphatic carbocycles. The highest BCUT2D eigenvalue weighted by molar-refractivity contribution is 7.89. The van der Waals surface area contributed by atoms with E-state index in [1.54, 1.807) is 46.6 Å². The molecule has 3 heterocycles. The fourth-order valence-corrected chi connectivity index (χ4v) is 5.26. The minimum atomic E-state index is -3.54. The van der Waals surface area contributed by atoms with Gasteiger partial charge < -0.3 is 4.90 Å². The lowest BCUT2D eigenvalue weighted by Crippen LogP contribution is -2.50. The lowest BCUT2D eigenvalue weighted by molar-refractivity contribution is 0.0692. The number of nitrogens with one attached hydrogen (secondary N) is 1. The minimum Gasteiger partial charge on any atom is -0.335 e. The number of piperazine rings is 1. The SMILES string of the molecule is Cc1ccc(S(=O)(=O)N2CCN(C(=O)c3cc(-c4cccs4)[nH]n3)CC2)cc1. The summed E-state index contributed by atoms with van der Waals surface area (Å²) < 4.78 is 27.0. The van der Waals surface area contributed by atoms with Crippen LogP contribution in [0.2, 0.25) is 0 Å². The summed E-state index contributed by atoms with van der Waals surface area (Å²) in [7, 11) is -3.54. The van der Waals surface area contributed by atoms with Crippen molar-refractivity contribution in [1.82, 2.24) is 19.4 Å². The lowest BCUT2D eigenvalue weighted by Gasteiger charge is -2.33. The number of hydrogen-bond acceptors (Lipinski definition) is 5. The Morgan fingerprint density at radius 3 is 2.46 bits per heavy atom. The molecule has 28 heavy (non-hydrogen) atoms. The Balaban J connectivity index is 1.42. The maximum Gasteiger partial charge on any atom is 0.274 e. The second kappa shape index (κ2) is 7.50. The Morgan fingerprint density at radius 1 is 1.11 bits per heavy atom. The highest BCUT2D eigenvalue weighted by Crippen LogP contribution is 2.24. The second-order valence-corrected chi connectivity index (χ2v) is 9.54. The smallest absolute Gasteiger partial charge is 0.274 e. The van der Waals surface area contributed by atoms with Gasteiger partial charge in [0.15, 0.2) is 5.69 Å². The van der Waals surface area contributed by atoms with Crippen LogP contribution in [0.4, 0.5) is 0 Å². The summed E-state index contributed by atoms with van der Waals surface area (Å²) in [6.45, 7) is 3.13. The van der Waals surface area contributed by atoms with E-state index < -0.39 is 10.0 Å². The zero-order valence-electron chi connectivity index (χ0n) is 15.3. The standard InChI is InChI=1S/C19H20N4O3S2/c1-14-4-6-15(7-5-14)28(25,26)23-10-8-22(9-11-23)19(24)17-13-16(20-21-17)18-3-2-12-27-18/h2-7,12-13H,8-11H2,1H3,(H,20,21). The van der Waals surface area contributed by atoms with Crippen molar-refractivity contribution in [3.8, 4) is 10.6 Å². The van der Waals surface area contributed by atoms with E-state index in [-0.39, 0.29) is 23.9 Å². The average Bonchev–Trinajstić information content (AvgIpc) is 3.39. The first-order chi connectivity index (χ1) is 13.4. The van der Waals surface area contributed by atoms with Crippen LogP contribution >= 0.6 is 11.3 Å². The van der Waals surface area contributed by atoms with E-state index >= 15 is 0 Å². The summed E-state index contributed by atoms with van der Waals surface area (Å²) in [5.74, 6) is -0.188. The van der Waals surface area contributed by atoms with Crippen molar-refractivity contribution in [1.29, 1.82) is 0 Å². The number of aromatic amines is 1. The van der Waals surface area contributed by atoms with Gasteiger partial charge in [-0.2, -0.15) is 9.40 Å². The molecule has 1 aliphatic heterocycles. The fraction of sp³-hybridized carbons (Fsp3) is 0.263. The summed E-state index contributed by atoms with van der Waals surface area (Å²) in [4.78, 5) is 15.7. The van der Waals surface area contributed by atoms with E-state index in [0.717, 1.165) is 16.1 Å². The zero-order chi connectivity index (χ0) is 19.7. The van der Waals surface area contributed by atoms with Gasteiger partial charge in [0.1, 0.15) is 0 Å². The van der Waals surface area contributed by atoms with Gasteiger partial charge in [-0.1, -0.05) is 23.8 Å². The van der Waals surface area contributed by atoms with Crippen LogP contribution in [0.5, 0.6) is 0 Å². The van der Waals surface area contributed by atoms with Gasteiger partial charge in [0.05, 0.1) is 15.5 Å². The first-order valence-corrected chi connectivity index (χ1v) is 11.2. The molecule has 146 valence electrons. The molecule has 1 saturated heterocycles. The highest BCUT2D eigenvalue weighted by atomic mass is 32.2. The summed E-state index contributed by atoms with van der Waals surface area (Å²) in [6, 6.07) is 12.5. The Labute approximate surface area is 167 Å². The van der Waals surface area contributed by atoms with Crippen LogP contribution < -0.4 is 0 Å². The number of rotatable bonds is 4. The number of carbonyl (C=O) groups excluding carboxylic acids is 1. The van der Waals surface area contributed by atoms with E-state index in [1.807, 2.05) is 24.4 Å². The lowest BCUT2D eigenvalue weighted by atomic mass is 10.2. The monoisotopic (exact) mass is 416 g/mol. The number of aromatic nitrogens is 2. The normalized spacial score (nSPS) is 15.7. The zero-order valence-corrected chi connectivity index (χ0v) is 17.0. The minimum absolute atomic E-state index is 0.188. The number of aryl methyl sites for hydroxylation is 1. The third-order valence-electron chi connectivity index (χ3n) is 4.77. The highest BCUT2D eigenvalue weighted by Gasteiger charge is 2.31. The van der Waals surface area contributed by atoms with E-state index in [9.17, 15) is 13.2 Å². The summed E-state index contributed by atoms with van der Waals surface area (Å²) in [6.07, 6.45) is 0. The summed E-state index contributed by atoms with van der Waals surface area (Å²) >= 11 is 1.57. The Morgan fingerprint density at radius 2 is 1.82 bits per heavy atom. The Bertz CT molecular complexity index is 1060. The molecule has 0 unspecified atom stereocenters. The van der Waals surface area contributed by atoms with Gasteiger partial charge in [0.2, 0.25) is 10.0 Å². The topological polar surface area (TPSA) is 86.4 Å². The van der Waals surface area contributed by atoms with Gasteiger partial charge in [-0.25, -0.2) is 8.42 Å². The molecule has 1 aliphatic rings. The molecule has 7 nitrogen and oxygen atoms in total. The van der Waals surface area contributed by atoms with Crippen molar-refractivity contribution >= 4 is 27.3 Å². The molecule has 3 aromatic rings. The van der Waals surface area contributed by atoms with Gasteiger partial charge in [0.25, 0.3) is 5.91 Å². The molecule has 0 saturated carbocycles. The van der Waals surface area contributed by atoms with Crippen LogP contribution in [0.25, 0.3) is 10.6 Å². The number of hydrogen-bond donors (Lipinski definition) is 1. The maximum atomic E-state index is 12.8. The second-order valence-electron chi connectivity index (χ2n) is 6.65. The number of benzene rings is 1. The van der Waals surface area contributed by atoms with Crippen LogP contribution in [-0.4, -0.2) is 59.9 Å². The molecule has 0 atom stereocenters. The van der Waals surface area contributed by atoms with Crippen molar-refractivity contribution in [3.05, 3.63) is 59.1 Å². The van der Waals surface area contributed by atoms with Gasteiger partial charge in [-0.05, 0) is 36.6 Å². The largest absolute Gasteiger partial charge is 0.335 e. The van der Waals surface area contributed by atoms with Crippen LogP contribution in [0.3, 0.4) is 0 Å². The summed E-state index contributed by atoms with van der Waals surface area (Å²) in [5, 5.41) is 8.99. The third-order valence-corrected chi connectivity index (χ3v) is 7.58. The van der Waals surface area contributed by atoms with Crippen LogP contribution in [-0.2, 0) is 10.0 Å². The van der Waals surface area contributed by atoms with Crippen LogP contribution in [0, 0.1) is 6.92 Å².